The Morgan fingerprint density at radius 3 is 1.37 bits per heavy atom. The molecule has 0 amide bonds. The van der Waals surface area contributed by atoms with Crippen LogP contribution in [0.4, 0.5) is 0 Å². The van der Waals surface area contributed by atoms with Crippen LogP contribution in [-0.2, 0) is 30.9 Å². The van der Waals surface area contributed by atoms with Gasteiger partial charge in [-0.15, -0.1) is 4.13 Å². The summed E-state index contributed by atoms with van der Waals surface area (Å²) in [4.78, 5) is 4.07. The van der Waals surface area contributed by atoms with Gasteiger partial charge in [0.25, 0.3) is 10.0 Å². The largest absolute Gasteiger partial charge is 0.253 e. The van der Waals surface area contributed by atoms with Gasteiger partial charge >= 0.3 is 0 Å². The highest BCUT2D eigenvalue weighted by Gasteiger charge is 2.27. The summed E-state index contributed by atoms with van der Waals surface area (Å²) in [7, 11) is -7.82. The molecule has 0 aromatic heterocycles. The van der Waals surface area contributed by atoms with E-state index in [0.717, 1.165) is 11.8 Å². The van der Waals surface area contributed by atoms with Crippen LogP contribution in [0.2, 0.25) is 0 Å². The topological polar surface area (TPSA) is 80.3 Å². The number of nitrogens with one attached hydrogen (secondary N) is 1. The Morgan fingerprint density at radius 1 is 0.600 bits per heavy atom. The smallest absolute Gasteiger partial charge is 0.212 e. The number of benzene rings is 4. The maximum atomic E-state index is 11.7. The first-order valence-corrected chi connectivity index (χ1v) is 15.4. The molecule has 5 nitrogen and oxygen atoms in total. The van der Waals surface area contributed by atoms with Crippen molar-refractivity contribution in [3.8, 4) is 0 Å². The summed E-state index contributed by atoms with van der Waals surface area (Å²) in [6.07, 6.45) is 0.801. The second-order valence-electron chi connectivity index (χ2n) is 7.87. The van der Waals surface area contributed by atoms with Gasteiger partial charge in [0.2, 0.25) is 10.0 Å². The van der Waals surface area contributed by atoms with Crippen LogP contribution in [-0.4, -0.2) is 23.1 Å². The van der Waals surface area contributed by atoms with Gasteiger partial charge in [0.05, 0.1) is 22.0 Å². The summed E-state index contributed by atoms with van der Waals surface area (Å²) in [6.45, 7) is 3.34. The van der Waals surface area contributed by atoms with Crippen LogP contribution in [0.25, 0.3) is 0 Å². The number of hydrogen-bond donors (Lipinski definition) is 1. The fourth-order valence-corrected chi connectivity index (χ4v) is 8.21. The van der Waals surface area contributed by atoms with E-state index in [9.17, 15) is 16.8 Å². The van der Waals surface area contributed by atoms with Crippen molar-refractivity contribution < 1.29 is 16.8 Å². The van der Waals surface area contributed by atoms with Crippen LogP contribution >= 0.6 is 0 Å². The molecule has 0 aliphatic carbocycles. The van der Waals surface area contributed by atoms with Gasteiger partial charge in [-0.1, -0.05) is 66.7 Å². The summed E-state index contributed by atoms with van der Waals surface area (Å²) < 4.78 is 46.9. The average molecular weight is 527 g/mol. The van der Waals surface area contributed by atoms with Crippen molar-refractivity contribution in [3.63, 3.8) is 0 Å². The Balaban J connectivity index is 0.000000199. The summed E-state index contributed by atoms with van der Waals surface area (Å²) in [6, 6.07) is 37.0. The number of sulfonamides is 2. The molecule has 0 bridgehead atoms. The molecule has 0 fully saturated rings. The Morgan fingerprint density at radius 2 is 1.00 bits per heavy atom. The van der Waals surface area contributed by atoms with Crippen molar-refractivity contribution in [2.24, 2.45) is 0 Å². The molecule has 4 aromatic carbocycles. The highest BCUT2D eigenvalue weighted by atomic mass is 32.3. The van der Waals surface area contributed by atoms with E-state index in [1.54, 1.807) is 30.1 Å². The minimum absolute atomic E-state index is 0.0146. The van der Waals surface area contributed by atoms with Gasteiger partial charge in [0, 0.05) is 0 Å². The molecule has 0 aliphatic heterocycles. The maximum absolute atomic E-state index is 11.7. The Bertz CT molecular complexity index is 1360. The van der Waals surface area contributed by atoms with E-state index in [-0.39, 0.29) is 15.8 Å². The lowest BCUT2D eigenvalue weighted by Crippen LogP contribution is -2.30. The van der Waals surface area contributed by atoms with Crippen LogP contribution in [0.1, 0.15) is 11.1 Å². The Kier molecular flexibility index (Phi) is 8.91. The summed E-state index contributed by atoms with van der Waals surface area (Å²) >= 11 is 0. The van der Waals surface area contributed by atoms with Crippen molar-refractivity contribution in [2.75, 3.05) is 6.26 Å². The van der Waals surface area contributed by atoms with E-state index in [2.05, 4.69) is 91.0 Å². The standard InChI is InChI=1S/C18H15S.C9H13NO4S2/c1-4-10-16(11-5-1)19(17-12-6-2-7-13-17)18-14-8-3-9-15-18;1-7-4-5-8(2)9(6-7)16(13,14)10-15(3,11)12/h1-15H;4-6,10H,1-3H3/q+1;. The van der Waals surface area contributed by atoms with Gasteiger partial charge in [-0.05, 0) is 67.4 Å². The van der Waals surface area contributed by atoms with Gasteiger partial charge in [-0.25, -0.2) is 16.8 Å². The van der Waals surface area contributed by atoms with Crippen LogP contribution in [0.3, 0.4) is 0 Å². The van der Waals surface area contributed by atoms with Crippen LogP contribution in [0, 0.1) is 13.8 Å². The molecule has 35 heavy (non-hydrogen) atoms. The molecule has 4 rings (SSSR count). The fourth-order valence-electron chi connectivity index (χ4n) is 3.32. The Hall–Kier alpha value is -2.91. The molecule has 0 aliphatic rings. The third-order valence-corrected chi connectivity index (χ3v) is 10.2. The number of rotatable bonds is 6. The Labute approximate surface area is 211 Å². The maximum Gasteiger partial charge on any atom is 0.253 e. The van der Waals surface area contributed by atoms with Gasteiger partial charge in [-0.2, -0.15) is 0 Å². The molecule has 0 saturated carbocycles. The molecule has 0 spiro atoms. The van der Waals surface area contributed by atoms with Crippen LogP contribution < -0.4 is 4.13 Å². The van der Waals surface area contributed by atoms with Crippen molar-refractivity contribution in [1.82, 2.24) is 4.13 Å². The molecular formula is C27H28NO4S3+. The van der Waals surface area contributed by atoms with Crippen molar-refractivity contribution in [1.29, 1.82) is 0 Å². The van der Waals surface area contributed by atoms with E-state index in [4.69, 9.17) is 0 Å². The van der Waals surface area contributed by atoms with Gasteiger partial charge < -0.3 is 0 Å². The van der Waals surface area contributed by atoms with Gasteiger partial charge in [-0.3, -0.25) is 0 Å². The highest BCUT2D eigenvalue weighted by Crippen LogP contribution is 2.30. The summed E-state index contributed by atoms with van der Waals surface area (Å²) in [5.41, 5.74) is 1.25. The van der Waals surface area contributed by atoms with Gasteiger partial charge in [0.15, 0.2) is 14.7 Å². The predicted molar refractivity (Wildman–Crippen MR) is 143 cm³/mol. The molecule has 0 saturated heterocycles. The molecule has 0 unspecified atom stereocenters. The minimum atomic E-state index is -4.01. The summed E-state index contributed by atoms with van der Waals surface area (Å²) in [5, 5.41) is 0. The van der Waals surface area contributed by atoms with E-state index in [1.165, 1.54) is 20.8 Å². The SMILES string of the molecule is Cc1ccc(C)c(S(=O)(=O)NS(C)(=O)=O)c1.c1ccc([S+](c2ccccc2)c2ccccc2)cc1. The summed E-state index contributed by atoms with van der Waals surface area (Å²) in [5.74, 6) is 0. The van der Waals surface area contributed by atoms with E-state index >= 15 is 0 Å². The molecule has 182 valence electrons. The van der Waals surface area contributed by atoms with E-state index < -0.39 is 20.0 Å². The highest BCUT2D eigenvalue weighted by molar-refractivity contribution is 8.04. The van der Waals surface area contributed by atoms with E-state index in [1.807, 2.05) is 0 Å². The third kappa shape index (κ3) is 7.80. The fraction of sp³-hybridized carbons (Fsp3) is 0.111. The minimum Gasteiger partial charge on any atom is -0.212 e. The first-order chi connectivity index (χ1) is 16.6. The zero-order chi connectivity index (χ0) is 25.5. The quantitative estimate of drug-likeness (QED) is 0.345. The predicted octanol–water partition coefficient (Wildman–Crippen LogP) is 5.32. The first kappa shape index (κ1) is 26.7. The third-order valence-electron chi connectivity index (χ3n) is 4.83. The molecule has 4 aromatic rings. The van der Waals surface area contributed by atoms with E-state index in [0.29, 0.717) is 5.56 Å². The molecule has 0 radical (unpaired) electrons. The second-order valence-corrected chi connectivity index (χ2v) is 13.6. The second kappa shape index (κ2) is 11.7. The normalized spacial score (nSPS) is 11.5. The molecular weight excluding hydrogens is 499 g/mol. The molecule has 1 N–H and O–H groups in total. The lowest BCUT2D eigenvalue weighted by Gasteiger charge is -2.08. The van der Waals surface area contributed by atoms with Crippen molar-refractivity contribution >= 4 is 30.9 Å². The average Bonchev–Trinajstić information content (AvgIpc) is 2.82. The lowest BCUT2D eigenvalue weighted by molar-refractivity contribution is 0.579. The lowest BCUT2D eigenvalue weighted by atomic mass is 10.2. The molecule has 0 atom stereocenters. The molecule has 8 heteroatoms. The zero-order valence-electron chi connectivity index (χ0n) is 19.8. The van der Waals surface area contributed by atoms with Crippen molar-refractivity contribution in [2.45, 2.75) is 33.4 Å². The van der Waals surface area contributed by atoms with Crippen molar-refractivity contribution in [3.05, 3.63) is 120 Å². The zero-order valence-corrected chi connectivity index (χ0v) is 22.2. The van der Waals surface area contributed by atoms with Gasteiger partial charge in [0.1, 0.15) is 0 Å². The van der Waals surface area contributed by atoms with Crippen LogP contribution in [0.15, 0.2) is 129 Å². The molecule has 0 heterocycles. The monoisotopic (exact) mass is 526 g/mol. The first-order valence-electron chi connectivity index (χ1n) is 10.8. The number of hydrogen-bond acceptors (Lipinski definition) is 4. The number of aryl methyl sites for hydroxylation is 2. The van der Waals surface area contributed by atoms with Crippen LogP contribution in [0.5, 0.6) is 0 Å².